The molecule has 0 aliphatic carbocycles. The average Bonchev–Trinajstić information content (AvgIpc) is 2.59. The summed E-state index contributed by atoms with van der Waals surface area (Å²) in [4.78, 5) is 4.53. The number of fused-ring (bicyclic) bond motifs is 1. The molecule has 16 heavy (non-hydrogen) atoms. The molecule has 0 N–H and O–H groups in total. The van der Waals surface area contributed by atoms with E-state index in [1.165, 1.54) is 0 Å². The van der Waals surface area contributed by atoms with E-state index in [2.05, 4.69) is 40.8 Å². The van der Waals surface area contributed by atoms with Gasteiger partial charge in [-0.25, -0.2) is 4.98 Å². The number of pyridine rings is 1. The zero-order valence-corrected chi connectivity index (χ0v) is 10.8. The van der Waals surface area contributed by atoms with Gasteiger partial charge >= 0.3 is 0 Å². The van der Waals surface area contributed by atoms with Crippen molar-refractivity contribution in [3.8, 4) is 6.07 Å². The smallest absolute Gasteiger partial charge is 0.151 e. The van der Waals surface area contributed by atoms with Crippen LogP contribution in [-0.2, 0) is 6.42 Å². The van der Waals surface area contributed by atoms with Gasteiger partial charge in [-0.15, -0.1) is 0 Å². The topological polar surface area (TPSA) is 41.1 Å². The molecule has 0 atom stereocenters. The minimum absolute atomic E-state index is 0.583. The lowest BCUT2D eigenvalue weighted by molar-refractivity contribution is 0.638. The lowest BCUT2D eigenvalue weighted by Crippen LogP contribution is -1.93. The molecule has 0 saturated carbocycles. The van der Waals surface area contributed by atoms with Crippen molar-refractivity contribution in [2.75, 3.05) is 0 Å². The predicted octanol–water partition coefficient (Wildman–Crippen LogP) is 3.17. The van der Waals surface area contributed by atoms with E-state index in [1.54, 1.807) is 12.3 Å². The molecule has 3 nitrogen and oxygen atoms in total. The summed E-state index contributed by atoms with van der Waals surface area (Å²) in [5, 5.41) is 8.87. The Morgan fingerprint density at radius 3 is 2.88 bits per heavy atom. The Kier molecular flexibility index (Phi) is 2.97. The molecule has 0 aliphatic heterocycles. The highest BCUT2D eigenvalue weighted by molar-refractivity contribution is 9.10. The highest BCUT2D eigenvalue weighted by atomic mass is 79.9. The summed E-state index contributed by atoms with van der Waals surface area (Å²) < 4.78 is 2.77. The SMILES string of the molecule is CC(C)Cc1cn2cc(C#N)cc(Br)c2n1. The minimum Gasteiger partial charge on any atom is -0.305 e. The second-order valence-corrected chi connectivity index (χ2v) is 5.10. The summed E-state index contributed by atoms with van der Waals surface area (Å²) in [6.07, 6.45) is 4.74. The summed E-state index contributed by atoms with van der Waals surface area (Å²) in [6, 6.07) is 3.92. The molecule has 0 spiro atoms. The van der Waals surface area contributed by atoms with Gasteiger partial charge in [-0.2, -0.15) is 5.26 Å². The molecular formula is C12H12BrN3. The Balaban J connectivity index is 2.53. The largest absolute Gasteiger partial charge is 0.305 e. The third kappa shape index (κ3) is 2.10. The number of hydrogen-bond donors (Lipinski definition) is 0. The summed E-state index contributed by atoms with van der Waals surface area (Å²) >= 11 is 3.43. The molecule has 82 valence electrons. The minimum atomic E-state index is 0.583. The van der Waals surface area contributed by atoms with Crippen LogP contribution in [0.2, 0.25) is 0 Å². The number of imidazole rings is 1. The molecule has 2 heterocycles. The van der Waals surface area contributed by atoms with E-state index < -0.39 is 0 Å². The fourth-order valence-electron chi connectivity index (χ4n) is 1.69. The number of nitriles is 1. The molecule has 0 unspecified atom stereocenters. The zero-order chi connectivity index (χ0) is 11.7. The van der Waals surface area contributed by atoms with Gasteiger partial charge in [0.15, 0.2) is 5.65 Å². The molecule has 0 aliphatic rings. The van der Waals surface area contributed by atoms with E-state index in [0.717, 1.165) is 22.2 Å². The monoisotopic (exact) mass is 277 g/mol. The van der Waals surface area contributed by atoms with Crippen molar-refractivity contribution in [3.63, 3.8) is 0 Å². The number of aromatic nitrogens is 2. The van der Waals surface area contributed by atoms with E-state index in [0.29, 0.717) is 11.5 Å². The molecule has 0 fully saturated rings. The van der Waals surface area contributed by atoms with Gasteiger partial charge in [0.2, 0.25) is 0 Å². The van der Waals surface area contributed by atoms with Gasteiger partial charge in [0.25, 0.3) is 0 Å². The van der Waals surface area contributed by atoms with Gasteiger partial charge in [-0.1, -0.05) is 13.8 Å². The lowest BCUT2D eigenvalue weighted by atomic mass is 10.1. The van der Waals surface area contributed by atoms with Crippen LogP contribution in [-0.4, -0.2) is 9.38 Å². The molecule has 2 aromatic rings. The summed E-state index contributed by atoms with van der Waals surface area (Å²) in [6.45, 7) is 4.33. The van der Waals surface area contributed by atoms with Crippen LogP contribution < -0.4 is 0 Å². The van der Waals surface area contributed by atoms with Gasteiger partial charge in [0.05, 0.1) is 15.7 Å². The van der Waals surface area contributed by atoms with Crippen LogP contribution in [0.1, 0.15) is 25.1 Å². The highest BCUT2D eigenvalue weighted by Crippen LogP contribution is 2.20. The first-order valence-electron chi connectivity index (χ1n) is 5.17. The maximum Gasteiger partial charge on any atom is 0.151 e. The number of hydrogen-bond acceptors (Lipinski definition) is 2. The molecule has 0 aromatic carbocycles. The number of halogens is 1. The van der Waals surface area contributed by atoms with Crippen LogP contribution in [0.5, 0.6) is 0 Å². The quantitative estimate of drug-likeness (QED) is 0.846. The van der Waals surface area contributed by atoms with Crippen molar-refractivity contribution in [1.29, 1.82) is 5.26 Å². The number of rotatable bonds is 2. The Labute approximate surface area is 103 Å². The van der Waals surface area contributed by atoms with E-state index in [-0.39, 0.29) is 0 Å². The Bertz CT molecular complexity index is 563. The van der Waals surface area contributed by atoms with Gasteiger partial charge in [-0.3, -0.25) is 0 Å². The molecule has 0 amide bonds. The van der Waals surface area contributed by atoms with Gasteiger partial charge in [0.1, 0.15) is 6.07 Å². The molecule has 4 heteroatoms. The van der Waals surface area contributed by atoms with Crippen LogP contribution in [0.4, 0.5) is 0 Å². The first-order chi connectivity index (χ1) is 7.60. The van der Waals surface area contributed by atoms with Crippen LogP contribution >= 0.6 is 15.9 Å². The second-order valence-electron chi connectivity index (χ2n) is 4.25. The first kappa shape index (κ1) is 11.2. The lowest BCUT2D eigenvalue weighted by Gasteiger charge is -1.97. The van der Waals surface area contributed by atoms with Crippen molar-refractivity contribution in [3.05, 3.63) is 34.2 Å². The van der Waals surface area contributed by atoms with Crippen LogP contribution in [0.3, 0.4) is 0 Å². The van der Waals surface area contributed by atoms with Crippen molar-refractivity contribution in [1.82, 2.24) is 9.38 Å². The van der Waals surface area contributed by atoms with Crippen molar-refractivity contribution in [2.24, 2.45) is 5.92 Å². The highest BCUT2D eigenvalue weighted by Gasteiger charge is 2.07. The van der Waals surface area contributed by atoms with Crippen molar-refractivity contribution < 1.29 is 0 Å². The molecule has 2 rings (SSSR count). The van der Waals surface area contributed by atoms with Gasteiger partial charge < -0.3 is 4.40 Å². The normalized spacial score (nSPS) is 10.9. The van der Waals surface area contributed by atoms with Crippen LogP contribution in [0, 0.1) is 17.2 Å². The average molecular weight is 278 g/mol. The Hall–Kier alpha value is -1.34. The second kappa shape index (κ2) is 4.26. The van der Waals surface area contributed by atoms with Gasteiger partial charge in [-0.05, 0) is 34.3 Å². The maximum atomic E-state index is 8.87. The van der Waals surface area contributed by atoms with E-state index in [9.17, 15) is 0 Å². The van der Waals surface area contributed by atoms with E-state index >= 15 is 0 Å². The zero-order valence-electron chi connectivity index (χ0n) is 9.24. The molecular weight excluding hydrogens is 266 g/mol. The molecule has 0 bridgehead atoms. The van der Waals surface area contributed by atoms with E-state index in [4.69, 9.17) is 5.26 Å². The summed E-state index contributed by atoms with van der Waals surface area (Å²) in [5.41, 5.74) is 2.56. The number of nitrogens with zero attached hydrogens (tertiary/aromatic N) is 3. The third-order valence-electron chi connectivity index (χ3n) is 2.30. The molecule has 0 saturated heterocycles. The third-order valence-corrected chi connectivity index (χ3v) is 2.89. The van der Waals surface area contributed by atoms with Gasteiger partial charge in [0, 0.05) is 12.4 Å². The van der Waals surface area contributed by atoms with Crippen LogP contribution in [0.15, 0.2) is 22.9 Å². The van der Waals surface area contributed by atoms with Crippen molar-refractivity contribution >= 4 is 21.6 Å². The predicted molar refractivity (Wildman–Crippen MR) is 66.1 cm³/mol. The first-order valence-corrected chi connectivity index (χ1v) is 5.96. The standard InChI is InChI=1S/C12H12BrN3/c1-8(2)3-10-7-16-6-9(5-14)4-11(13)12(16)15-10/h4,6-8H,3H2,1-2H3. The Morgan fingerprint density at radius 2 is 2.25 bits per heavy atom. The molecule has 0 radical (unpaired) electrons. The van der Waals surface area contributed by atoms with Crippen LogP contribution in [0.25, 0.3) is 5.65 Å². The maximum absolute atomic E-state index is 8.87. The summed E-state index contributed by atoms with van der Waals surface area (Å²) in [7, 11) is 0. The fraction of sp³-hybridized carbons (Fsp3) is 0.333. The van der Waals surface area contributed by atoms with Crippen molar-refractivity contribution in [2.45, 2.75) is 20.3 Å². The fourth-order valence-corrected chi connectivity index (χ4v) is 2.23. The summed E-state index contributed by atoms with van der Waals surface area (Å²) in [5.74, 6) is 0.583. The molecule has 2 aromatic heterocycles. The van der Waals surface area contributed by atoms with E-state index in [1.807, 2.05) is 10.6 Å². The Morgan fingerprint density at radius 1 is 1.50 bits per heavy atom.